The molecule has 0 atom stereocenters. The SMILES string of the molecule is O=C(COC(=O)c1ccc(N2C(=O)c3cc(Cl)c(Cl)cc3C2=O)cc1)c1ccccc1. The topological polar surface area (TPSA) is 80.8 Å². The predicted molar refractivity (Wildman–Crippen MR) is 115 cm³/mol. The molecule has 1 aliphatic heterocycles. The van der Waals surface area contributed by atoms with E-state index in [1.165, 1.54) is 36.4 Å². The molecule has 1 heterocycles. The number of carbonyl (C=O) groups is 4. The van der Waals surface area contributed by atoms with Crippen LogP contribution in [-0.4, -0.2) is 30.2 Å². The van der Waals surface area contributed by atoms with Crippen LogP contribution in [0.5, 0.6) is 0 Å². The van der Waals surface area contributed by atoms with Gasteiger partial charge in [0.2, 0.25) is 0 Å². The van der Waals surface area contributed by atoms with Crippen molar-refractivity contribution < 1.29 is 23.9 Å². The van der Waals surface area contributed by atoms with Crippen molar-refractivity contribution in [2.24, 2.45) is 0 Å². The molecule has 31 heavy (non-hydrogen) atoms. The monoisotopic (exact) mass is 453 g/mol. The summed E-state index contributed by atoms with van der Waals surface area (Å²) >= 11 is 11.9. The lowest BCUT2D eigenvalue weighted by Crippen LogP contribution is -2.29. The minimum Gasteiger partial charge on any atom is -0.454 e. The van der Waals surface area contributed by atoms with E-state index in [0.717, 1.165) is 4.90 Å². The van der Waals surface area contributed by atoms with Crippen molar-refractivity contribution in [3.8, 4) is 0 Å². The Morgan fingerprint density at radius 1 is 0.774 bits per heavy atom. The number of nitrogens with zero attached hydrogens (tertiary/aromatic N) is 1. The molecule has 0 aliphatic carbocycles. The maximum atomic E-state index is 12.7. The van der Waals surface area contributed by atoms with E-state index >= 15 is 0 Å². The summed E-state index contributed by atoms with van der Waals surface area (Å²) in [6.07, 6.45) is 0. The first-order valence-corrected chi connectivity index (χ1v) is 9.85. The molecule has 0 unspecified atom stereocenters. The Labute approximate surface area is 186 Å². The largest absolute Gasteiger partial charge is 0.454 e. The van der Waals surface area contributed by atoms with E-state index in [-0.39, 0.29) is 38.2 Å². The number of hydrogen-bond donors (Lipinski definition) is 0. The highest BCUT2D eigenvalue weighted by molar-refractivity contribution is 6.44. The summed E-state index contributed by atoms with van der Waals surface area (Å²) in [6, 6.07) is 16.9. The van der Waals surface area contributed by atoms with Gasteiger partial charge >= 0.3 is 5.97 Å². The number of ketones is 1. The minimum absolute atomic E-state index is 0.155. The third-order valence-corrected chi connectivity index (χ3v) is 5.44. The van der Waals surface area contributed by atoms with E-state index in [0.29, 0.717) is 5.56 Å². The van der Waals surface area contributed by atoms with Gasteiger partial charge in [-0.2, -0.15) is 0 Å². The van der Waals surface area contributed by atoms with Crippen LogP contribution >= 0.6 is 23.2 Å². The number of amides is 2. The number of halogens is 2. The molecule has 6 nitrogen and oxygen atoms in total. The van der Waals surface area contributed by atoms with Gasteiger partial charge in [-0.25, -0.2) is 9.69 Å². The molecule has 4 rings (SSSR count). The fourth-order valence-electron chi connectivity index (χ4n) is 3.14. The van der Waals surface area contributed by atoms with Crippen LogP contribution in [0.4, 0.5) is 5.69 Å². The molecule has 0 saturated carbocycles. The minimum atomic E-state index is -0.697. The van der Waals surface area contributed by atoms with E-state index < -0.39 is 24.4 Å². The lowest BCUT2D eigenvalue weighted by molar-refractivity contribution is 0.0474. The number of imide groups is 1. The van der Waals surface area contributed by atoms with Gasteiger partial charge in [-0.3, -0.25) is 14.4 Å². The van der Waals surface area contributed by atoms with Gasteiger partial charge < -0.3 is 4.74 Å². The van der Waals surface area contributed by atoms with Crippen molar-refractivity contribution in [3.63, 3.8) is 0 Å². The summed E-state index contributed by atoms with van der Waals surface area (Å²) in [7, 11) is 0. The van der Waals surface area contributed by atoms with Gasteiger partial charge in [0.25, 0.3) is 11.8 Å². The summed E-state index contributed by atoms with van der Waals surface area (Å²) in [4.78, 5) is 50.6. The van der Waals surface area contributed by atoms with Crippen molar-refractivity contribution in [2.45, 2.75) is 0 Å². The highest BCUT2D eigenvalue weighted by atomic mass is 35.5. The highest BCUT2D eigenvalue weighted by Gasteiger charge is 2.37. The summed E-state index contributed by atoms with van der Waals surface area (Å²) in [5.41, 5.74) is 1.20. The number of anilines is 1. The van der Waals surface area contributed by atoms with Crippen molar-refractivity contribution >= 4 is 52.5 Å². The maximum Gasteiger partial charge on any atom is 0.338 e. The third-order valence-electron chi connectivity index (χ3n) is 4.72. The molecular formula is C23H13Cl2NO5. The van der Waals surface area contributed by atoms with Crippen LogP contribution in [0.1, 0.15) is 41.4 Å². The van der Waals surface area contributed by atoms with Crippen LogP contribution < -0.4 is 4.90 Å². The Kier molecular flexibility index (Phi) is 5.59. The number of carbonyl (C=O) groups excluding carboxylic acids is 4. The van der Waals surface area contributed by atoms with E-state index in [2.05, 4.69) is 0 Å². The van der Waals surface area contributed by atoms with Gasteiger partial charge in [-0.15, -0.1) is 0 Å². The van der Waals surface area contributed by atoms with Gasteiger partial charge in [-0.1, -0.05) is 53.5 Å². The van der Waals surface area contributed by atoms with Crippen LogP contribution in [-0.2, 0) is 4.74 Å². The number of ether oxygens (including phenoxy) is 1. The molecule has 2 amide bonds. The predicted octanol–water partition coefficient (Wildman–Crippen LogP) is 4.83. The fraction of sp³-hybridized carbons (Fsp3) is 0.0435. The molecule has 1 aliphatic rings. The Morgan fingerprint density at radius 2 is 1.32 bits per heavy atom. The zero-order chi connectivity index (χ0) is 22.1. The van der Waals surface area contributed by atoms with Crippen molar-refractivity contribution in [1.29, 1.82) is 0 Å². The summed E-state index contributed by atoms with van der Waals surface area (Å²) in [5.74, 6) is -2.10. The van der Waals surface area contributed by atoms with Crippen LogP contribution in [0.25, 0.3) is 0 Å². The molecule has 0 aromatic heterocycles. The van der Waals surface area contributed by atoms with E-state index in [9.17, 15) is 19.2 Å². The number of hydrogen-bond acceptors (Lipinski definition) is 5. The first-order chi connectivity index (χ1) is 14.9. The number of rotatable bonds is 5. The van der Waals surface area contributed by atoms with Crippen LogP contribution in [0.3, 0.4) is 0 Å². The van der Waals surface area contributed by atoms with Gasteiger partial charge in [0.1, 0.15) is 0 Å². The maximum absolute atomic E-state index is 12.7. The Balaban J connectivity index is 1.47. The number of Topliss-reactive ketones (excluding diaryl/α,β-unsaturated/α-hetero) is 1. The summed E-state index contributed by atoms with van der Waals surface area (Å²) < 4.78 is 5.06. The number of esters is 1. The van der Waals surface area contributed by atoms with Crippen molar-refractivity contribution in [1.82, 2.24) is 0 Å². The molecule has 154 valence electrons. The number of benzene rings is 3. The molecule has 0 radical (unpaired) electrons. The normalized spacial score (nSPS) is 12.6. The molecular weight excluding hydrogens is 441 g/mol. The fourth-order valence-corrected chi connectivity index (χ4v) is 3.46. The van der Waals surface area contributed by atoms with Crippen LogP contribution in [0.2, 0.25) is 10.0 Å². The molecule has 0 N–H and O–H groups in total. The summed E-state index contributed by atoms with van der Waals surface area (Å²) in [6.45, 7) is -0.398. The first kappa shape index (κ1) is 20.8. The average molecular weight is 454 g/mol. The third kappa shape index (κ3) is 3.95. The van der Waals surface area contributed by atoms with Crippen LogP contribution in [0.15, 0.2) is 66.7 Å². The molecule has 0 spiro atoms. The molecule has 8 heteroatoms. The van der Waals surface area contributed by atoms with Crippen molar-refractivity contribution in [3.05, 3.63) is 99.0 Å². The molecule has 3 aromatic carbocycles. The molecule has 0 saturated heterocycles. The Morgan fingerprint density at radius 3 is 1.87 bits per heavy atom. The lowest BCUT2D eigenvalue weighted by Gasteiger charge is -2.14. The van der Waals surface area contributed by atoms with E-state index in [1.54, 1.807) is 30.3 Å². The van der Waals surface area contributed by atoms with Gasteiger partial charge in [0, 0.05) is 5.56 Å². The Bertz CT molecular complexity index is 1180. The standard InChI is InChI=1S/C23H13Cl2NO5/c24-18-10-16-17(11-19(18)25)22(29)26(21(16)28)15-8-6-14(7-9-15)23(30)31-12-20(27)13-4-2-1-3-5-13/h1-11H,12H2. The zero-order valence-electron chi connectivity index (χ0n) is 15.8. The molecule has 0 bridgehead atoms. The second-order valence-corrected chi connectivity index (χ2v) is 7.48. The highest BCUT2D eigenvalue weighted by Crippen LogP contribution is 2.34. The van der Waals surface area contributed by atoms with Crippen LogP contribution in [0, 0.1) is 0 Å². The quantitative estimate of drug-likeness (QED) is 0.313. The summed E-state index contributed by atoms with van der Waals surface area (Å²) in [5, 5.41) is 0.345. The van der Waals surface area contributed by atoms with E-state index in [4.69, 9.17) is 27.9 Å². The second kappa shape index (κ2) is 8.34. The van der Waals surface area contributed by atoms with Gasteiger partial charge in [0.05, 0.1) is 32.4 Å². The van der Waals surface area contributed by atoms with Crippen molar-refractivity contribution in [2.75, 3.05) is 11.5 Å². The lowest BCUT2D eigenvalue weighted by atomic mass is 10.1. The van der Waals surface area contributed by atoms with Gasteiger partial charge in [-0.05, 0) is 36.4 Å². The van der Waals surface area contributed by atoms with Gasteiger partial charge in [0.15, 0.2) is 12.4 Å². The smallest absolute Gasteiger partial charge is 0.338 e. The second-order valence-electron chi connectivity index (χ2n) is 6.67. The molecule has 3 aromatic rings. The van der Waals surface area contributed by atoms with E-state index in [1.807, 2.05) is 0 Å². The number of fused-ring (bicyclic) bond motifs is 1. The average Bonchev–Trinajstić information content (AvgIpc) is 3.02. The first-order valence-electron chi connectivity index (χ1n) is 9.10. The molecule has 0 fully saturated rings. The Hall–Kier alpha value is -3.48. The zero-order valence-corrected chi connectivity index (χ0v) is 17.3.